The fourth-order valence-electron chi connectivity index (χ4n) is 6.59. The summed E-state index contributed by atoms with van der Waals surface area (Å²) in [5.41, 5.74) is 22.7. The lowest BCUT2D eigenvalue weighted by atomic mass is 9.93. The zero-order valence-corrected chi connectivity index (χ0v) is 28.5. The van der Waals surface area contributed by atoms with Crippen molar-refractivity contribution in [3.8, 4) is 22.3 Å². The van der Waals surface area contributed by atoms with Crippen LogP contribution in [0.15, 0.2) is 212 Å². The number of hydrogen-bond donors (Lipinski definition) is 2. The molecule has 0 saturated heterocycles. The van der Waals surface area contributed by atoms with Crippen LogP contribution in [0.4, 0.5) is 5.69 Å². The molecule has 248 valence electrons. The van der Waals surface area contributed by atoms with Crippen LogP contribution in [-0.4, -0.2) is 4.57 Å². The third-order valence-electron chi connectivity index (χ3n) is 9.20. The van der Waals surface area contributed by atoms with Crippen LogP contribution >= 0.6 is 0 Å². The molecule has 51 heavy (non-hydrogen) atoms. The van der Waals surface area contributed by atoms with E-state index in [2.05, 4.69) is 181 Å². The van der Waals surface area contributed by atoms with Gasteiger partial charge in [0.2, 0.25) is 0 Å². The molecule has 7 aromatic carbocycles. The maximum Gasteiger partial charge on any atom is 0.116 e. The van der Waals surface area contributed by atoms with Crippen molar-refractivity contribution >= 4 is 33.1 Å². The molecule has 1 unspecified atom stereocenters. The van der Waals surface area contributed by atoms with E-state index in [1.165, 1.54) is 38.6 Å². The minimum atomic E-state index is -0.597. The lowest BCUT2D eigenvalue weighted by Gasteiger charge is -2.32. The van der Waals surface area contributed by atoms with Gasteiger partial charge in [-0.15, -0.1) is 0 Å². The number of allylic oxidation sites excluding steroid dienone is 2. The van der Waals surface area contributed by atoms with Crippen LogP contribution < -0.4 is 11.5 Å². The molecule has 1 aromatic heterocycles. The van der Waals surface area contributed by atoms with Gasteiger partial charge < -0.3 is 16.0 Å². The molecule has 8 aromatic rings. The van der Waals surface area contributed by atoms with Crippen molar-refractivity contribution in [2.75, 3.05) is 5.73 Å². The summed E-state index contributed by atoms with van der Waals surface area (Å²) in [6, 6.07) is 66.5. The fraction of sp³-hybridized carbons (Fsp3) is 0.0417. The molecule has 1 heterocycles. The van der Waals surface area contributed by atoms with Crippen LogP contribution in [0.25, 0.3) is 49.6 Å². The molecule has 1 aliphatic carbocycles. The first-order chi connectivity index (χ1) is 25.1. The molecule has 0 amide bonds. The summed E-state index contributed by atoms with van der Waals surface area (Å²) in [4.78, 5) is 0. The molecular formula is C48H41N3. The summed E-state index contributed by atoms with van der Waals surface area (Å²) in [6.45, 7) is 0. The fourth-order valence-corrected chi connectivity index (χ4v) is 6.59. The highest BCUT2D eigenvalue weighted by Gasteiger charge is 2.29. The smallest absolute Gasteiger partial charge is 0.116 e. The summed E-state index contributed by atoms with van der Waals surface area (Å²) in [7, 11) is 0. The Kier molecular flexibility index (Phi) is 10.0. The van der Waals surface area contributed by atoms with E-state index in [9.17, 15) is 0 Å². The first kappa shape index (κ1) is 33.1. The number of nitrogens with zero attached hydrogens (tertiary/aromatic N) is 1. The Morgan fingerprint density at radius 1 is 0.412 bits per heavy atom. The highest BCUT2D eigenvalue weighted by Crippen LogP contribution is 2.37. The number of rotatable bonds is 4. The molecule has 0 fully saturated rings. The average Bonchev–Trinajstić information content (AvgIpc) is 3.56. The molecule has 1 aliphatic rings. The molecule has 0 saturated carbocycles. The Bertz CT molecular complexity index is 2170. The SMILES string of the molecule is Nc1ccc(C2=CCC(N)(n3c4ccccc4c4ccccc43)C=C2)cc1.c1ccc(-c2ccccc2)cc1.c1ccc(-c2ccccc2)cc1. The van der Waals surface area contributed by atoms with Crippen molar-refractivity contribution in [2.24, 2.45) is 5.73 Å². The van der Waals surface area contributed by atoms with Crippen molar-refractivity contribution < 1.29 is 0 Å². The van der Waals surface area contributed by atoms with E-state index in [0.29, 0.717) is 0 Å². The van der Waals surface area contributed by atoms with E-state index in [1.807, 2.05) is 36.4 Å². The van der Waals surface area contributed by atoms with Crippen LogP contribution in [0.5, 0.6) is 0 Å². The number of benzene rings is 7. The molecule has 0 spiro atoms. The predicted molar refractivity (Wildman–Crippen MR) is 218 cm³/mol. The topological polar surface area (TPSA) is 57.0 Å². The second kappa shape index (κ2) is 15.4. The lowest BCUT2D eigenvalue weighted by Crippen LogP contribution is -2.41. The molecule has 0 aliphatic heterocycles. The molecule has 0 radical (unpaired) electrons. The van der Waals surface area contributed by atoms with Crippen LogP contribution in [0.1, 0.15) is 12.0 Å². The molecule has 4 N–H and O–H groups in total. The third-order valence-corrected chi connectivity index (χ3v) is 9.20. The van der Waals surface area contributed by atoms with Gasteiger partial charge in [0.05, 0.1) is 11.0 Å². The number of aromatic nitrogens is 1. The Balaban J connectivity index is 0.000000140. The van der Waals surface area contributed by atoms with E-state index in [0.717, 1.165) is 28.7 Å². The molecule has 9 rings (SSSR count). The van der Waals surface area contributed by atoms with Crippen LogP contribution in [-0.2, 0) is 5.66 Å². The summed E-state index contributed by atoms with van der Waals surface area (Å²) in [5, 5.41) is 2.47. The first-order valence-corrected chi connectivity index (χ1v) is 17.3. The Morgan fingerprint density at radius 2 is 0.784 bits per heavy atom. The second-order valence-corrected chi connectivity index (χ2v) is 12.6. The quantitative estimate of drug-likeness (QED) is 0.185. The Morgan fingerprint density at radius 3 is 1.16 bits per heavy atom. The summed E-state index contributed by atoms with van der Waals surface area (Å²) in [5.74, 6) is 0. The van der Waals surface area contributed by atoms with Gasteiger partial charge in [0.25, 0.3) is 0 Å². The van der Waals surface area contributed by atoms with Gasteiger partial charge in [-0.3, -0.25) is 0 Å². The highest BCUT2D eigenvalue weighted by atomic mass is 15.2. The number of anilines is 1. The van der Waals surface area contributed by atoms with Gasteiger partial charge in [-0.05, 0) is 63.7 Å². The van der Waals surface area contributed by atoms with Gasteiger partial charge in [-0.2, -0.15) is 0 Å². The standard InChI is InChI=1S/C24H21N3.2C12H10/c25-19-11-9-17(10-12-19)18-13-15-24(26,16-14-18)27-22-7-3-1-5-20(22)21-6-2-4-8-23(21)27;2*1-3-7-11(8-4-1)12-9-5-2-6-10-12/h1-15H,16,25-26H2;2*1-10H. The number of hydrogen-bond acceptors (Lipinski definition) is 2. The third kappa shape index (κ3) is 7.60. The maximum absolute atomic E-state index is 6.93. The van der Waals surface area contributed by atoms with E-state index in [4.69, 9.17) is 11.5 Å². The zero-order valence-electron chi connectivity index (χ0n) is 28.5. The number of nitrogens with two attached hydrogens (primary N) is 2. The average molecular weight is 660 g/mol. The number of fused-ring (bicyclic) bond motifs is 3. The van der Waals surface area contributed by atoms with Crippen LogP contribution in [0.3, 0.4) is 0 Å². The zero-order chi connectivity index (χ0) is 34.9. The maximum atomic E-state index is 6.93. The van der Waals surface area contributed by atoms with Gasteiger partial charge in [0.15, 0.2) is 0 Å². The molecule has 3 nitrogen and oxygen atoms in total. The molecular weight excluding hydrogens is 619 g/mol. The summed E-state index contributed by atoms with van der Waals surface area (Å²) < 4.78 is 2.27. The summed E-state index contributed by atoms with van der Waals surface area (Å²) in [6.07, 6.45) is 7.19. The van der Waals surface area contributed by atoms with Crippen LogP contribution in [0.2, 0.25) is 0 Å². The Hall–Kier alpha value is -6.42. The van der Waals surface area contributed by atoms with Crippen molar-refractivity contribution in [3.05, 3.63) is 218 Å². The monoisotopic (exact) mass is 659 g/mol. The van der Waals surface area contributed by atoms with E-state index < -0.39 is 5.66 Å². The largest absolute Gasteiger partial charge is 0.399 e. The number of para-hydroxylation sites is 2. The second-order valence-electron chi connectivity index (χ2n) is 12.6. The highest BCUT2D eigenvalue weighted by molar-refractivity contribution is 6.08. The normalized spacial score (nSPS) is 14.9. The summed E-state index contributed by atoms with van der Waals surface area (Å²) >= 11 is 0. The first-order valence-electron chi connectivity index (χ1n) is 17.3. The minimum absolute atomic E-state index is 0.597. The van der Waals surface area contributed by atoms with E-state index >= 15 is 0 Å². The number of nitrogen functional groups attached to an aromatic ring is 1. The van der Waals surface area contributed by atoms with Crippen molar-refractivity contribution in [3.63, 3.8) is 0 Å². The molecule has 3 heteroatoms. The lowest BCUT2D eigenvalue weighted by molar-refractivity contribution is 0.412. The van der Waals surface area contributed by atoms with Gasteiger partial charge in [0.1, 0.15) is 5.66 Å². The van der Waals surface area contributed by atoms with Gasteiger partial charge in [-0.25, -0.2) is 0 Å². The van der Waals surface area contributed by atoms with E-state index in [-0.39, 0.29) is 0 Å². The Labute approximate surface area is 300 Å². The van der Waals surface area contributed by atoms with Gasteiger partial charge >= 0.3 is 0 Å². The minimum Gasteiger partial charge on any atom is -0.399 e. The molecule has 0 bridgehead atoms. The van der Waals surface area contributed by atoms with Crippen LogP contribution in [0, 0.1) is 0 Å². The molecule has 1 atom stereocenters. The van der Waals surface area contributed by atoms with Gasteiger partial charge in [-0.1, -0.05) is 182 Å². The van der Waals surface area contributed by atoms with E-state index in [1.54, 1.807) is 0 Å². The van der Waals surface area contributed by atoms with Crippen molar-refractivity contribution in [1.82, 2.24) is 4.57 Å². The predicted octanol–water partition coefficient (Wildman–Crippen LogP) is 11.7. The van der Waals surface area contributed by atoms with Crippen molar-refractivity contribution in [1.29, 1.82) is 0 Å². The van der Waals surface area contributed by atoms with Crippen molar-refractivity contribution in [2.45, 2.75) is 12.1 Å². The van der Waals surface area contributed by atoms with Gasteiger partial charge in [0, 0.05) is 22.9 Å².